The number of nitrogens with zero attached hydrogens (tertiary/aromatic N) is 4. The second kappa shape index (κ2) is 7.49. The number of urea groups is 1. The molecule has 1 N–H and O–H groups in total. The van der Waals surface area contributed by atoms with Gasteiger partial charge in [0, 0.05) is 44.5 Å². The molecule has 8 nitrogen and oxygen atoms in total. The Balaban J connectivity index is 1.66. The van der Waals surface area contributed by atoms with E-state index in [1.54, 1.807) is 14.1 Å². The molecule has 4 heterocycles. The van der Waals surface area contributed by atoms with Crippen molar-refractivity contribution in [2.24, 2.45) is 0 Å². The molecule has 0 spiro atoms. The molecule has 4 rings (SSSR count). The Labute approximate surface area is 179 Å². The maximum absolute atomic E-state index is 13.7. The maximum Gasteiger partial charge on any atom is 0.420 e. The number of nitrogens with one attached hydrogen (secondary N) is 1. The summed E-state index contributed by atoms with van der Waals surface area (Å²) < 4.78 is 47.1. The van der Waals surface area contributed by atoms with E-state index in [-0.39, 0.29) is 41.6 Å². The quantitative estimate of drug-likeness (QED) is 0.656. The summed E-state index contributed by atoms with van der Waals surface area (Å²) in [6.07, 6.45) is -0.695. The van der Waals surface area contributed by atoms with Crippen LogP contribution in [0.15, 0.2) is 35.3 Å². The summed E-state index contributed by atoms with van der Waals surface area (Å²) in [6, 6.07) is 1.90. The van der Waals surface area contributed by atoms with Crippen LogP contribution < -0.4 is 5.32 Å². The predicted molar refractivity (Wildman–Crippen MR) is 105 cm³/mol. The minimum atomic E-state index is -4.71. The fourth-order valence-corrected chi connectivity index (χ4v) is 3.49. The van der Waals surface area contributed by atoms with Gasteiger partial charge in [-0.25, -0.2) is 9.78 Å². The zero-order valence-electron chi connectivity index (χ0n) is 16.4. The van der Waals surface area contributed by atoms with Gasteiger partial charge in [0.2, 0.25) is 0 Å². The Bertz CT molecular complexity index is 1150. The standard InChI is InChI=1S/C19H17ClF3N5O3/c1-26(2)18(30)24-12-7-27(8-12)17(29)14-15(20)28-6-11(10-3-4-31-9-10)5-13(16(28)25-14)19(21,22)23/h3-6,9,12H,7-8H2,1-2H3,(H,24,30). The van der Waals surface area contributed by atoms with Crippen molar-refractivity contribution in [3.05, 3.63) is 47.3 Å². The van der Waals surface area contributed by atoms with Crippen LogP contribution in [0.1, 0.15) is 16.1 Å². The zero-order chi connectivity index (χ0) is 22.5. The van der Waals surface area contributed by atoms with Gasteiger partial charge >= 0.3 is 12.2 Å². The highest BCUT2D eigenvalue weighted by atomic mass is 35.5. The Morgan fingerprint density at radius 3 is 2.58 bits per heavy atom. The van der Waals surface area contributed by atoms with Crippen molar-refractivity contribution in [1.82, 2.24) is 24.5 Å². The summed E-state index contributed by atoms with van der Waals surface area (Å²) in [5, 5.41) is 2.50. The monoisotopic (exact) mass is 455 g/mol. The number of halogens is 4. The topological polar surface area (TPSA) is 83.1 Å². The molecule has 12 heteroatoms. The third kappa shape index (κ3) is 3.80. The van der Waals surface area contributed by atoms with Crippen LogP contribution in [0.25, 0.3) is 16.8 Å². The molecule has 0 aromatic carbocycles. The number of imidazole rings is 1. The van der Waals surface area contributed by atoms with E-state index in [1.165, 1.54) is 34.6 Å². The molecule has 1 aliphatic heterocycles. The van der Waals surface area contributed by atoms with Gasteiger partial charge < -0.3 is 19.5 Å². The smallest absolute Gasteiger partial charge is 0.420 e. The molecule has 3 amide bonds. The van der Waals surface area contributed by atoms with Crippen molar-refractivity contribution >= 4 is 29.2 Å². The highest BCUT2D eigenvalue weighted by molar-refractivity contribution is 6.33. The van der Waals surface area contributed by atoms with E-state index in [0.29, 0.717) is 5.56 Å². The minimum Gasteiger partial charge on any atom is -0.472 e. The highest BCUT2D eigenvalue weighted by Crippen LogP contribution is 2.37. The number of fused-ring (bicyclic) bond motifs is 1. The number of carbonyl (C=O) groups excluding carboxylic acids is 2. The average Bonchev–Trinajstić information content (AvgIpc) is 3.30. The van der Waals surface area contributed by atoms with E-state index in [2.05, 4.69) is 10.3 Å². The molecule has 1 fully saturated rings. The highest BCUT2D eigenvalue weighted by Gasteiger charge is 2.38. The Morgan fingerprint density at radius 1 is 1.29 bits per heavy atom. The lowest BCUT2D eigenvalue weighted by Crippen LogP contribution is -2.62. The van der Waals surface area contributed by atoms with Crippen LogP contribution >= 0.6 is 11.6 Å². The number of carbonyl (C=O) groups is 2. The first-order valence-electron chi connectivity index (χ1n) is 9.14. The van der Waals surface area contributed by atoms with Gasteiger partial charge in [0.15, 0.2) is 11.3 Å². The maximum atomic E-state index is 13.7. The van der Waals surface area contributed by atoms with Crippen LogP contribution in [0.2, 0.25) is 5.15 Å². The number of pyridine rings is 1. The summed E-state index contributed by atoms with van der Waals surface area (Å²) in [4.78, 5) is 31.1. The van der Waals surface area contributed by atoms with Gasteiger partial charge in [0.05, 0.1) is 24.1 Å². The fraction of sp³-hybridized carbons (Fsp3) is 0.316. The van der Waals surface area contributed by atoms with Crippen LogP contribution in [-0.4, -0.2) is 64.3 Å². The molecule has 164 valence electrons. The number of aromatic nitrogens is 2. The molecule has 1 saturated heterocycles. The Morgan fingerprint density at radius 2 is 2.00 bits per heavy atom. The molecule has 0 atom stereocenters. The van der Waals surface area contributed by atoms with E-state index in [9.17, 15) is 22.8 Å². The van der Waals surface area contributed by atoms with Crippen molar-refractivity contribution in [3.8, 4) is 11.1 Å². The van der Waals surface area contributed by atoms with Gasteiger partial charge in [-0.05, 0) is 12.1 Å². The lowest BCUT2D eigenvalue weighted by molar-refractivity contribution is -0.136. The molecule has 0 unspecified atom stereocenters. The minimum absolute atomic E-state index is 0.203. The fourth-order valence-electron chi connectivity index (χ4n) is 3.24. The van der Waals surface area contributed by atoms with Gasteiger partial charge in [0.1, 0.15) is 5.15 Å². The molecular formula is C19H17ClF3N5O3. The van der Waals surface area contributed by atoms with Crippen LogP contribution in [0.5, 0.6) is 0 Å². The normalized spacial score (nSPS) is 14.6. The van der Waals surface area contributed by atoms with Crippen LogP contribution in [0.4, 0.5) is 18.0 Å². The third-order valence-corrected chi connectivity index (χ3v) is 5.29. The Kier molecular flexibility index (Phi) is 5.08. The van der Waals surface area contributed by atoms with Crippen molar-refractivity contribution < 1.29 is 27.2 Å². The van der Waals surface area contributed by atoms with Gasteiger partial charge in [-0.3, -0.25) is 9.20 Å². The predicted octanol–water partition coefficient (Wildman–Crippen LogP) is 3.36. The molecule has 0 bridgehead atoms. The number of hydrogen-bond donors (Lipinski definition) is 1. The van der Waals surface area contributed by atoms with Crippen molar-refractivity contribution in [2.75, 3.05) is 27.2 Å². The summed E-state index contributed by atoms with van der Waals surface area (Å²) in [6.45, 7) is 0.407. The van der Waals surface area contributed by atoms with E-state index >= 15 is 0 Å². The second-order valence-corrected chi connectivity index (χ2v) is 7.71. The van der Waals surface area contributed by atoms with Crippen molar-refractivity contribution in [1.29, 1.82) is 0 Å². The third-order valence-electron chi connectivity index (χ3n) is 4.93. The lowest BCUT2D eigenvalue weighted by atomic mass is 10.1. The van der Waals surface area contributed by atoms with Crippen LogP contribution in [0.3, 0.4) is 0 Å². The largest absolute Gasteiger partial charge is 0.472 e. The van der Waals surface area contributed by atoms with Crippen molar-refractivity contribution in [3.63, 3.8) is 0 Å². The molecule has 3 aromatic heterocycles. The molecule has 1 aliphatic rings. The number of rotatable bonds is 3. The van der Waals surface area contributed by atoms with Crippen LogP contribution in [0, 0.1) is 0 Å². The van der Waals surface area contributed by atoms with Gasteiger partial charge in [-0.1, -0.05) is 11.6 Å². The summed E-state index contributed by atoms with van der Waals surface area (Å²) in [7, 11) is 3.17. The number of alkyl halides is 3. The van der Waals surface area contributed by atoms with Gasteiger partial charge in [-0.15, -0.1) is 0 Å². The van der Waals surface area contributed by atoms with Gasteiger partial charge in [0.25, 0.3) is 5.91 Å². The first-order valence-corrected chi connectivity index (χ1v) is 9.52. The summed E-state index contributed by atoms with van der Waals surface area (Å²) >= 11 is 6.28. The molecule has 0 aliphatic carbocycles. The van der Waals surface area contributed by atoms with Crippen molar-refractivity contribution in [2.45, 2.75) is 12.2 Å². The molecular weight excluding hydrogens is 439 g/mol. The lowest BCUT2D eigenvalue weighted by Gasteiger charge is -2.39. The first kappa shape index (κ1) is 21.0. The first-order chi connectivity index (χ1) is 14.6. The van der Waals surface area contributed by atoms with Gasteiger partial charge in [-0.2, -0.15) is 13.2 Å². The molecule has 3 aromatic rings. The molecule has 0 saturated carbocycles. The van der Waals surface area contributed by atoms with E-state index in [4.69, 9.17) is 16.0 Å². The second-order valence-electron chi connectivity index (χ2n) is 7.35. The van der Waals surface area contributed by atoms with E-state index < -0.39 is 23.3 Å². The molecule has 0 radical (unpaired) electrons. The van der Waals surface area contributed by atoms with Crippen LogP contribution in [-0.2, 0) is 6.18 Å². The number of amides is 3. The van der Waals surface area contributed by atoms with E-state index in [1.807, 2.05) is 0 Å². The SMILES string of the molecule is CN(C)C(=O)NC1CN(C(=O)c2nc3c(C(F)(F)F)cc(-c4ccoc4)cn3c2Cl)C1. The zero-order valence-corrected chi connectivity index (χ0v) is 17.2. The average molecular weight is 456 g/mol. The number of furan rings is 1. The van der Waals surface area contributed by atoms with E-state index in [0.717, 1.165) is 10.5 Å². The number of hydrogen-bond acceptors (Lipinski definition) is 4. The summed E-state index contributed by atoms with van der Waals surface area (Å²) in [5.74, 6) is -0.609. The Hall–Kier alpha value is -3.21. The summed E-state index contributed by atoms with van der Waals surface area (Å²) in [5.41, 5.74) is -1.14. The number of likely N-dealkylation sites (tertiary alicyclic amines) is 1. The molecule has 31 heavy (non-hydrogen) atoms.